The number of carbonyl (C=O) groups is 1. The van der Waals surface area contributed by atoms with Crippen LogP contribution in [0.15, 0.2) is 0 Å². The molecule has 2 aliphatic heterocycles. The number of hydrogen-bond acceptors (Lipinski definition) is 5. The summed E-state index contributed by atoms with van der Waals surface area (Å²) in [7, 11) is 1.49. The number of likely N-dealkylation sites (tertiary alicyclic amines) is 1. The molecular weight excluding hydrogens is 369 g/mol. The van der Waals surface area contributed by atoms with Crippen LogP contribution in [0.5, 0.6) is 0 Å². The molecular formula is C14H26IN3O2. The number of esters is 1. The summed E-state index contributed by atoms with van der Waals surface area (Å²) >= 11 is 2.40. The lowest BCUT2D eigenvalue weighted by Gasteiger charge is -2.38. The lowest BCUT2D eigenvalue weighted by Crippen LogP contribution is -2.48. The summed E-state index contributed by atoms with van der Waals surface area (Å²) in [4.78, 5) is 16.8. The third kappa shape index (κ3) is 4.29. The molecule has 2 saturated heterocycles. The molecule has 0 aliphatic carbocycles. The number of halogens is 1. The normalized spacial score (nSPS) is 25.6. The Bertz CT molecular complexity index is 324. The highest BCUT2D eigenvalue weighted by atomic mass is 127. The van der Waals surface area contributed by atoms with Crippen molar-refractivity contribution in [2.75, 3.05) is 59.5 Å². The highest BCUT2D eigenvalue weighted by Crippen LogP contribution is 2.31. The lowest BCUT2D eigenvalue weighted by molar-refractivity contribution is -0.154. The molecule has 5 nitrogen and oxygen atoms in total. The van der Waals surface area contributed by atoms with Crippen molar-refractivity contribution in [3.63, 3.8) is 0 Å². The predicted molar refractivity (Wildman–Crippen MR) is 87.8 cm³/mol. The van der Waals surface area contributed by atoms with Crippen LogP contribution in [-0.2, 0) is 9.53 Å². The maximum absolute atomic E-state index is 11.8. The van der Waals surface area contributed by atoms with Crippen LogP contribution in [0.1, 0.15) is 19.8 Å². The fourth-order valence-corrected chi connectivity index (χ4v) is 3.38. The van der Waals surface area contributed by atoms with Crippen LogP contribution < -0.4 is 0 Å². The average Bonchev–Trinajstić information content (AvgIpc) is 2.47. The SMILES string of the molecule is COC(=O)C1(C)CCN(CCN2CCN(I)CC2)CC1. The zero-order valence-electron chi connectivity index (χ0n) is 12.6. The van der Waals surface area contributed by atoms with Gasteiger partial charge in [-0.25, -0.2) is 3.11 Å². The highest BCUT2D eigenvalue weighted by molar-refractivity contribution is 14.1. The zero-order valence-corrected chi connectivity index (χ0v) is 14.8. The third-order valence-electron chi connectivity index (χ3n) is 4.69. The van der Waals surface area contributed by atoms with Crippen LogP contribution in [-0.4, -0.2) is 78.4 Å². The number of rotatable bonds is 4. The van der Waals surface area contributed by atoms with E-state index in [0.29, 0.717) is 0 Å². The molecule has 0 amide bonds. The minimum absolute atomic E-state index is 0.0460. The molecule has 0 saturated carbocycles. The van der Waals surface area contributed by atoms with E-state index in [2.05, 4.69) is 35.8 Å². The van der Waals surface area contributed by atoms with Crippen molar-refractivity contribution in [3.8, 4) is 0 Å². The summed E-state index contributed by atoms with van der Waals surface area (Å²) in [5, 5.41) is 0. The van der Waals surface area contributed by atoms with E-state index in [1.807, 2.05) is 6.92 Å². The van der Waals surface area contributed by atoms with Gasteiger partial charge in [0.15, 0.2) is 0 Å². The number of piperazine rings is 1. The topological polar surface area (TPSA) is 36.0 Å². The van der Waals surface area contributed by atoms with Crippen LogP contribution in [0.25, 0.3) is 0 Å². The predicted octanol–water partition coefficient (Wildman–Crippen LogP) is 1.23. The van der Waals surface area contributed by atoms with E-state index in [0.717, 1.165) is 39.0 Å². The van der Waals surface area contributed by atoms with Gasteiger partial charge in [0.2, 0.25) is 0 Å². The smallest absolute Gasteiger partial charge is 0.311 e. The molecule has 0 spiro atoms. The van der Waals surface area contributed by atoms with Gasteiger partial charge in [-0.3, -0.25) is 9.69 Å². The molecule has 0 aromatic rings. The molecule has 20 heavy (non-hydrogen) atoms. The number of piperidine rings is 1. The standard InChI is InChI=1S/C14H26IN3O2/c1-14(13(19)20-2)3-5-16(6-4-14)7-8-17-9-11-18(15)12-10-17/h3-12H2,1-2H3. The van der Waals surface area contributed by atoms with Crippen molar-refractivity contribution in [1.82, 2.24) is 12.9 Å². The molecule has 2 heterocycles. The first-order chi connectivity index (χ1) is 9.53. The van der Waals surface area contributed by atoms with Crippen molar-refractivity contribution in [3.05, 3.63) is 0 Å². The van der Waals surface area contributed by atoms with Gasteiger partial charge in [0, 0.05) is 62.1 Å². The van der Waals surface area contributed by atoms with Gasteiger partial charge < -0.3 is 9.64 Å². The Labute approximate surface area is 136 Å². The van der Waals surface area contributed by atoms with E-state index in [-0.39, 0.29) is 11.4 Å². The largest absolute Gasteiger partial charge is 0.469 e. The van der Waals surface area contributed by atoms with Crippen LogP contribution in [0.2, 0.25) is 0 Å². The molecule has 0 aromatic heterocycles. The van der Waals surface area contributed by atoms with Gasteiger partial charge in [-0.1, -0.05) is 0 Å². The van der Waals surface area contributed by atoms with Gasteiger partial charge in [-0.15, -0.1) is 0 Å². The molecule has 0 N–H and O–H groups in total. The molecule has 6 heteroatoms. The van der Waals surface area contributed by atoms with E-state index in [9.17, 15) is 4.79 Å². The van der Waals surface area contributed by atoms with Crippen molar-refractivity contribution in [1.29, 1.82) is 0 Å². The first-order valence-electron chi connectivity index (χ1n) is 7.47. The molecule has 0 radical (unpaired) electrons. The number of hydrogen-bond donors (Lipinski definition) is 0. The van der Waals surface area contributed by atoms with Crippen LogP contribution >= 0.6 is 22.9 Å². The highest BCUT2D eigenvalue weighted by Gasteiger charge is 2.37. The first kappa shape index (κ1) is 16.5. The summed E-state index contributed by atoms with van der Waals surface area (Å²) in [6, 6.07) is 0. The molecule has 0 bridgehead atoms. The van der Waals surface area contributed by atoms with Gasteiger partial charge in [0.1, 0.15) is 0 Å². The summed E-state index contributed by atoms with van der Waals surface area (Å²) in [6.45, 7) is 11.0. The van der Waals surface area contributed by atoms with E-state index in [1.54, 1.807) is 0 Å². The second kappa shape index (κ2) is 7.38. The monoisotopic (exact) mass is 395 g/mol. The molecule has 2 fully saturated rings. The van der Waals surface area contributed by atoms with Crippen LogP contribution in [0.4, 0.5) is 0 Å². The van der Waals surface area contributed by atoms with E-state index in [4.69, 9.17) is 4.74 Å². The van der Waals surface area contributed by atoms with E-state index >= 15 is 0 Å². The fraction of sp³-hybridized carbons (Fsp3) is 0.929. The second-order valence-electron chi connectivity index (χ2n) is 6.15. The quantitative estimate of drug-likeness (QED) is 0.407. The minimum Gasteiger partial charge on any atom is -0.469 e. The molecule has 116 valence electrons. The van der Waals surface area contributed by atoms with Crippen molar-refractivity contribution in [2.24, 2.45) is 5.41 Å². The summed E-state index contributed by atoms with van der Waals surface area (Å²) in [6.07, 6.45) is 1.84. The molecule has 2 aliphatic rings. The Morgan fingerprint density at radius 1 is 1.05 bits per heavy atom. The van der Waals surface area contributed by atoms with E-state index in [1.165, 1.54) is 33.3 Å². The van der Waals surface area contributed by atoms with Crippen molar-refractivity contribution >= 4 is 28.8 Å². The zero-order chi connectivity index (χ0) is 14.6. The number of nitrogens with zero attached hydrogens (tertiary/aromatic N) is 3. The molecule has 0 unspecified atom stereocenters. The summed E-state index contributed by atoms with van der Waals surface area (Å²) < 4.78 is 7.28. The van der Waals surface area contributed by atoms with Gasteiger partial charge in [-0.05, 0) is 32.9 Å². The Kier molecular flexibility index (Phi) is 6.07. The second-order valence-corrected chi connectivity index (χ2v) is 7.51. The molecule has 2 rings (SSSR count). The maximum atomic E-state index is 11.8. The van der Waals surface area contributed by atoms with Crippen LogP contribution in [0.3, 0.4) is 0 Å². The summed E-state index contributed by atoms with van der Waals surface area (Å²) in [5.74, 6) is -0.0460. The van der Waals surface area contributed by atoms with Crippen molar-refractivity contribution < 1.29 is 9.53 Å². The Balaban J connectivity index is 1.68. The molecule has 0 atom stereocenters. The fourth-order valence-electron chi connectivity index (χ4n) is 2.95. The molecule has 0 aromatic carbocycles. The number of ether oxygens (including phenoxy) is 1. The summed E-state index contributed by atoms with van der Waals surface area (Å²) in [5.41, 5.74) is -0.266. The van der Waals surface area contributed by atoms with Crippen LogP contribution in [0, 0.1) is 5.41 Å². The Hall–Kier alpha value is 0.0800. The number of carbonyl (C=O) groups excluding carboxylic acids is 1. The van der Waals surface area contributed by atoms with Gasteiger partial charge in [0.25, 0.3) is 0 Å². The van der Waals surface area contributed by atoms with Crippen molar-refractivity contribution in [2.45, 2.75) is 19.8 Å². The number of methoxy groups -OCH3 is 1. The average molecular weight is 395 g/mol. The van der Waals surface area contributed by atoms with Gasteiger partial charge in [-0.2, -0.15) is 0 Å². The maximum Gasteiger partial charge on any atom is 0.311 e. The van der Waals surface area contributed by atoms with E-state index < -0.39 is 0 Å². The third-order valence-corrected chi connectivity index (χ3v) is 5.65. The van der Waals surface area contributed by atoms with Gasteiger partial charge >= 0.3 is 5.97 Å². The lowest BCUT2D eigenvalue weighted by atomic mass is 9.80. The minimum atomic E-state index is -0.266. The first-order valence-corrected chi connectivity index (χ1v) is 8.44. The Morgan fingerprint density at radius 3 is 2.05 bits per heavy atom. The van der Waals surface area contributed by atoms with Gasteiger partial charge in [0.05, 0.1) is 12.5 Å². The Morgan fingerprint density at radius 2 is 1.55 bits per heavy atom.